The highest BCUT2D eigenvalue weighted by Gasteiger charge is 2.19. The molecule has 1 aromatic heterocycles. The molecule has 0 atom stereocenters. The lowest BCUT2D eigenvalue weighted by Gasteiger charge is -2.35. The third kappa shape index (κ3) is 3.01. The molecule has 0 bridgehead atoms. The van der Waals surface area contributed by atoms with Gasteiger partial charge in [-0.05, 0) is 12.1 Å². The van der Waals surface area contributed by atoms with Crippen LogP contribution in [0.15, 0.2) is 12.1 Å². The largest absolute Gasteiger partial charge is 0.353 e. The number of halogens is 2. The van der Waals surface area contributed by atoms with Gasteiger partial charge in [0.15, 0.2) is 0 Å². The predicted molar refractivity (Wildman–Crippen MR) is 68.7 cm³/mol. The molecule has 4 nitrogen and oxygen atoms in total. The van der Waals surface area contributed by atoms with Crippen molar-refractivity contribution < 1.29 is 4.79 Å². The molecule has 17 heavy (non-hydrogen) atoms. The number of carbonyl (C=O) groups is 1. The summed E-state index contributed by atoms with van der Waals surface area (Å²) in [6.07, 6.45) is 0. The monoisotopic (exact) mass is 273 g/mol. The molecule has 92 valence electrons. The van der Waals surface area contributed by atoms with Gasteiger partial charge in [-0.2, -0.15) is 0 Å². The van der Waals surface area contributed by atoms with Gasteiger partial charge in [-0.25, -0.2) is 4.98 Å². The van der Waals surface area contributed by atoms with Gasteiger partial charge in [-0.1, -0.05) is 23.2 Å². The van der Waals surface area contributed by atoms with E-state index >= 15 is 0 Å². The summed E-state index contributed by atoms with van der Waals surface area (Å²) in [5.74, 6) is 0.882. The fourth-order valence-electron chi connectivity index (χ4n) is 1.87. The average molecular weight is 274 g/mol. The van der Waals surface area contributed by atoms with Crippen LogP contribution in [0.1, 0.15) is 6.92 Å². The van der Waals surface area contributed by atoms with Crippen LogP contribution in [0.25, 0.3) is 0 Å². The van der Waals surface area contributed by atoms with E-state index in [9.17, 15) is 4.79 Å². The number of rotatable bonds is 1. The van der Waals surface area contributed by atoms with Crippen molar-refractivity contribution in [2.75, 3.05) is 31.1 Å². The molecule has 0 spiro atoms. The van der Waals surface area contributed by atoms with Gasteiger partial charge >= 0.3 is 0 Å². The SMILES string of the molecule is CC(=O)N1CCN(c2cc(Cl)cc(Cl)n2)CC1. The maximum atomic E-state index is 11.2. The zero-order valence-corrected chi connectivity index (χ0v) is 11.0. The minimum Gasteiger partial charge on any atom is -0.353 e. The van der Waals surface area contributed by atoms with Crippen LogP contribution in [-0.2, 0) is 4.79 Å². The quantitative estimate of drug-likeness (QED) is 0.735. The van der Waals surface area contributed by atoms with Crippen LogP contribution in [-0.4, -0.2) is 42.0 Å². The van der Waals surface area contributed by atoms with Crippen LogP contribution in [0, 0.1) is 0 Å². The first-order valence-corrected chi connectivity index (χ1v) is 6.15. The summed E-state index contributed by atoms with van der Waals surface area (Å²) in [4.78, 5) is 19.3. The molecule has 6 heteroatoms. The van der Waals surface area contributed by atoms with Crippen molar-refractivity contribution in [1.82, 2.24) is 9.88 Å². The van der Waals surface area contributed by atoms with Crippen molar-refractivity contribution in [3.05, 3.63) is 22.3 Å². The summed E-state index contributed by atoms with van der Waals surface area (Å²) < 4.78 is 0. The van der Waals surface area contributed by atoms with Crippen molar-refractivity contribution in [2.24, 2.45) is 0 Å². The second kappa shape index (κ2) is 5.10. The minimum absolute atomic E-state index is 0.113. The molecule has 0 saturated carbocycles. The third-order valence-corrected chi connectivity index (χ3v) is 3.21. The molecule has 1 aliphatic rings. The summed E-state index contributed by atoms with van der Waals surface area (Å²) in [7, 11) is 0. The molecule has 1 aromatic rings. The summed E-state index contributed by atoms with van der Waals surface area (Å²) >= 11 is 11.8. The van der Waals surface area contributed by atoms with Crippen LogP contribution in [0.5, 0.6) is 0 Å². The highest BCUT2D eigenvalue weighted by molar-refractivity contribution is 6.34. The Morgan fingerprint density at radius 3 is 2.41 bits per heavy atom. The van der Waals surface area contributed by atoms with Crippen LogP contribution in [0.3, 0.4) is 0 Å². The highest BCUT2D eigenvalue weighted by atomic mass is 35.5. The normalized spacial score (nSPS) is 16.2. The number of hydrogen-bond acceptors (Lipinski definition) is 3. The van der Waals surface area contributed by atoms with Gasteiger partial charge in [0.2, 0.25) is 5.91 Å². The minimum atomic E-state index is 0.113. The van der Waals surface area contributed by atoms with Gasteiger partial charge in [-0.3, -0.25) is 4.79 Å². The first kappa shape index (κ1) is 12.5. The number of piperazine rings is 1. The molecule has 2 heterocycles. The molecule has 0 aromatic carbocycles. The fourth-order valence-corrected chi connectivity index (χ4v) is 2.33. The first-order valence-electron chi connectivity index (χ1n) is 5.40. The number of aromatic nitrogens is 1. The van der Waals surface area contributed by atoms with E-state index in [0.717, 1.165) is 18.9 Å². The lowest BCUT2D eigenvalue weighted by molar-refractivity contribution is -0.129. The van der Waals surface area contributed by atoms with E-state index in [1.165, 1.54) is 0 Å². The first-order chi connectivity index (χ1) is 8.06. The number of nitrogens with zero attached hydrogens (tertiary/aromatic N) is 3. The Labute approximate surface area is 110 Å². The number of amides is 1. The zero-order valence-electron chi connectivity index (χ0n) is 9.49. The summed E-state index contributed by atoms with van der Waals surface area (Å²) in [6.45, 7) is 4.51. The molecular weight excluding hydrogens is 261 g/mol. The summed E-state index contributed by atoms with van der Waals surface area (Å²) in [6, 6.07) is 3.40. The average Bonchev–Trinajstić information content (AvgIpc) is 2.28. The summed E-state index contributed by atoms with van der Waals surface area (Å²) in [5, 5.41) is 0.968. The van der Waals surface area contributed by atoms with E-state index in [1.807, 2.05) is 4.90 Å². The van der Waals surface area contributed by atoms with E-state index < -0.39 is 0 Å². The predicted octanol–water partition coefficient (Wildman–Crippen LogP) is 2.06. The standard InChI is InChI=1S/C11H13Cl2N3O/c1-8(17)15-2-4-16(5-3-15)11-7-9(12)6-10(13)14-11/h6-7H,2-5H2,1H3. The highest BCUT2D eigenvalue weighted by Crippen LogP contribution is 2.22. The van der Waals surface area contributed by atoms with Gasteiger partial charge in [0.25, 0.3) is 0 Å². The Hall–Kier alpha value is -1.00. The van der Waals surface area contributed by atoms with Crippen LogP contribution in [0.2, 0.25) is 10.2 Å². The molecule has 0 radical (unpaired) electrons. The molecule has 1 saturated heterocycles. The molecular formula is C11H13Cl2N3O. The van der Waals surface area contributed by atoms with E-state index in [-0.39, 0.29) is 5.91 Å². The van der Waals surface area contributed by atoms with Crippen molar-refractivity contribution in [1.29, 1.82) is 0 Å². The van der Waals surface area contributed by atoms with Gasteiger partial charge < -0.3 is 9.80 Å². The Morgan fingerprint density at radius 1 is 1.24 bits per heavy atom. The summed E-state index contributed by atoms with van der Waals surface area (Å²) in [5.41, 5.74) is 0. The second-order valence-corrected chi connectivity index (χ2v) is 4.78. The van der Waals surface area contributed by atoms with Crippen molar-refractivity contribution in [3.63, 3.8) is 0 Å². The van der Waals surface area contributed by atoms with Crippen molar-refractivity contribution in [2.45, 2.75) is 6.92 Å². The van der Waals surface area contributed by atoms with Crippen LogP contribution >= 0.6 is 23.2 Å². The number of pyridine rings is 1. The lowest BCUT2D eigenvalue weighted by Crippen LogP contribution is -2.48. The number of carbonyl (C=O) groups excluding carboxylic acids is 1. The van der Waals surface area contributed by atoms with Crippen molar-refractivity contribution in [3.8, 4) is 0 Å². The topological polar surface area (TPSA) is 36.4 Å². The van der Waals surface area contributed by atoms with Gasteiger partial charge in [0.1, 0.15) is 11.0 Å². The van der Waals surface area contributed by atoms with Gasteiger partial charge in [-0.15, -0.1) is 0 Å². The van der Waals surface area contributed by atoms with Crippen LogP contribution in [0.4, 0.5) is 5.82 Å². The van der Waals surface area contributed by atoms with Gasteiger partial charge in [0.05, 0.1) is 0 Å². The molecule has 1 amide bonds. The zero-order chi connectivity index (χ0) is 12.4. The maximum Gasteiger partial charge on any atom is 0.219 e. The lowest BCUT2D eigenvalue weighted by atomic mass is 10.3. The Morgan fingerprint density at radius 2 is 1.88 bits per heavy atom. The molecule has 0 N–H and O–H groups in total. The smallest absolute Gasteiger partial charge is 0.219 e. The third-order valence-electron chi connectivity index (χ3n) is 2.79. The van der Waals surface area contributed by atoms with E-state index in [0.29, 0.717) is 23.3 Å². The number of anilines is 1. The van der Waals surface area contributed by atoms with Crippen LogP contribution < -0.4 is 4.90 Å². The number of hydrogen-bond donors (Lipinski definition) is 0. The fraction of sp³-hybridized carbons (Fsp3) is 0.455. The molecule has 1 fully saturated rings. The Bertz CT molecular complexity index is 410. The van der Waals surface area contributed by atoms with Crippen molar-refractivity contribution >= 4 is 34.9 Å². The molecule has 0 unspecified atom stereocenters. The second-order valence-electron chi connectivity index (χ2n) is 3.96. The van der Waals surface area contributed by atoms with Gasteiger partial charge in [0, 0.05) is 38.1 Å². The maximum absolute atomic E-state index is 11.2. The van der Waals surface area contributed by atoms with E-state index in [1.54, 1.807) is 19.1 Å². The Balaban J connectivity index is 2.07. The molecule has 0 aliphatic carbocycles. The Kier molecular flexibility index (Phi) is 3.74. The van der Waals surface area contributed by atoms with E-state index in [2.05, 4.69) is 9.88 Å². The molecule has 2 rings (SSSR count). The van der Waals surface area contributed by atoms with E-state index in [4.69, 9.17) is 23.2 Å². The molecule has 1 aliphatic heterocycles.